The average Bonchev–Trinajstić information content (AvgIpc) is 2.87. The third-order valence-corrected chi connectivity index (χ3v) is 5.20. The molecule has 0 spiro atoms. The van der Waals surface area contributed by atoms with Gasteiger partial charge in [0.05, 0.1) is 24.5 Å². The van der Waals surface area contributed by atoms with Crippen LogP contribution in [0.1, 0.15) is 34.9 Å². The van der Waals surface area contributed by atoms with Crippen molar-refractivity contribution in [1.82, 2.24) is 0 Å². The number of hydrogen-bond acceptors (Lipinski definition) is 7. The van der Waals surface area contributed by atoms with Crippen LogP contribution >= 0.6 is 11.6 Å². The van der Waals surface area contributed by atoms with Crippen molar-refractivity contribution in [3.8, 4) is 5.75 Å². The van der Waals surface area contributed by atoms with E-state index < -0.39 is 28.7 Å². The lowest BCUT2D eigenvalue weighted by Crippen LogP contribution is -2.21. The van der Waals surface area contributed by atoms with Crippen molar-refractivity contribution < 1.29 is 28.8 Å². The molecule has 0 radical (unpaired) electrons. The predicted molar refractivity (Wildman–Crippen MR) is 129 cm³/mol. The zero-order valence-electron chi connectivity index (χ0n) is 18.6. The highest BCUT2D eigenvalue weighted by Crippen LogP contribution is 2.29. The number of nitrogens with zero attached hydrogens (tertiary/aromatic N) is 1. The monoisotopic (exact) mass is 496 g/mol. The summed E-state index contributed by atoms with van der Waals surface area (Å²) in [6.07, 6.45) is -1.88. The number of carbonyl (C=O) groups is 3. The van der Waals surface area contributed by atoms with Gasteiger partial charge >= 0.3 is 5.97 Å². The van der Waals surface area contributed by atoms with E-state index in [9.17, 15) is 24.5 Å². The first kappa shape index (κ1) is 25.4. The van der Waals surface area contributed by atoms with Crippen LogP contribution in [0.2, 0.25) is 5.02 Å². The third-order valence-electron chi connectivity index (χ3n) is 4.95. The molecule has 0 aliphatic heterocycles. The molecule has 180 valence electrons. The number of rotatable bonds is 10. The van der Waals surface area contributed by atoms with Crippen molar-refractivity contribution in [1.29, 1.82) is 0 Å². The Morgan fingerprint density at radius 2 is 1.69 bits per heavy atom. The van der Waals surface area contributed by atoms with E-state index in [1.54, 1.807) is 54.6 Å². The largest absolute Gasteiger partial charge is 0.496 e. The molecule has 0 bridgehead atoms. The van der Waals surface area contributed by atoms with Crippen LogP contribution in [-0.2, 0) is 14.3 Å². The standard InChI is InChI=1S/C25H21ClN2O7/c1-34-19-11-12-20(21(15-19)28(32)33)27-22(29)13-14-23(30)35-25(17-7-9-18(26)10-8-17)24(31)16-5-3-2-4-6-16/h2-12,15,25H,13-14H2,1H3,(H,27,29)/t25-/m0/s1. The van der Waals surface area contributed by atoms with E-state index in [0.717, 1.165) is 0 Å². The number of anilines is 1. The van der Waals surface area contributed by atoms with E-state index in [1.807, 2.05) is 0 Å². The fourth-order valence-electron chi connectivity index (χ4n) is 3.18. The summed E-state index contributed by atoms with van der Waals surface area (Å²) in [6, 6.07) is 18.6. The lowest BCUT2D eigenvalue weighted by molar-refractivity contribution is -0.384. The Morgan fingerprint density at radius 3 is 2.31 bits per heavy atom. The van der Waals surface area contributed by atoms with Gasteiger partial charge in [0.25, 0.3) is 5.69 Å². The smallest absolute Gasteiger partial charge is 0.307 e. The minimum atomic E-state index is -1.23. The first-order chi connectivity index (χ1) is 16.8. The minimum Gasteiger partial charge on any atom is -0.496 e. The van der Waals surface area contributed by atoms with Crippen molar-refractivity contribution in [3.05, 3.63) is 99.1 Å². The molecule has 0 saturated heterocycles. The summed E-state index contributed by atoms with van der Waals surface area (Å²) in [5, 5.41) is 14.1. The summed E-state index contributed by atoms with van der Waals surface area (Å²) in [7, 11) is 1.36. The molecular weight excluding hydrogens is 476 g/mol. The second-order valence-corrected chi connectivity index (χ2v) is 7.78. The van der Waals surface area contributed by atoms with Gasteiger partial charge in [0.15, 0.2) is 6.10 Å². The second-order valence-electron chi connectivity index (χ2n) is 7.34. The number of ketones is 1. The van der Waals surface area contributed by atoms with E-state index in [-0.39, 0.29) is 30.0 Å². The maximum atomic E-state index is 13.0. The maximum Gasteiger partial charge on any atom is 0.307 e. The van der Waals surface area contributed by atoms with E-state index in [2.05, 4.69) is 5.32 Å². The fraction of sp³-hybridized carbons (Fsp3) is 0.160. The van der Waals surface area contributed by atoms with Gasteiger partial charge in [-0.15, -0.1) is 0 Å². The van der Waals surface area contributed by atoms with Gasteiger partial charge in [0, 0.05) is 22.6 Å². The van der Waals surface area contributed by atoms with Crippen LogP contribution in [0.3, 0.4) is 0 Å². The Hall–Kier alpha value is -4.24. The van der Waals surface area contributed by atoms with Gasteiger partial charge in [-0.2, -0.15) is 0 Å². The molecule has 0 heterocycles. The lowest BCUT2D eigenvalue weighted by atomic mass is 10.00. The van der Waals surface area contributed by atoms with Gasteiger partial charge < -0.3 is 14.8 Å². The molecule has 0 saturated carbocycles. The van der Waals surface area contributed by atoms with Gasteiger partial charge in [0.1, 0.15) is 11.4 Å². The highest BCUT2D eigenvalue weighted by molar-refractivity contribution is 6.30. The summed E-state index contributed by atoms with van der Waals surface area (Å²) in [5.74, 6) is -1.59. The number of ether oxygens (including phenoxy) is 2. The van der Waals surface area contributed by atoms with Crippen molar-refractivity contribution in [2.45, 2.75) is 18.9 Å². The molecule has 1 atom stereocenters. The Labute approximate surface area is 205 Å². The molecule has 3 aromatic carbocycles. The quantitative estimate of drug-likeness (QED) is 0.178. The van der Waals surface area contributed by atoms with Gasteiger partial charge in [-0.3, -0.25) is 24.5 Å². The molecule has 0 aromatic heterocycles. The van der Waals surface area contributed by atoms with Crippen molar-refractivity contribution >= 4 is 40.6 Å². The number of nitro benzene ring substituents is 1. The number of hydrogen-bond donors (Lipinski definition) is 1. The SMILES string of the molecule is COc1ccc(NC(=O)CCC(=O)O[C@H](C(=O)c2ccccc2)c2ccc(Cl)cc2)c([N+](=O)[O-])c1. The van der Waals surface area contributed by atoms with Crippen LogP contribution in [-0.4, -0.2) is 29.7 Å². The second kappa shape index (κ2) is 11.8. The first-order valence-corrected chi connectivity index (χ1v) is 10.8. The van der Waals surface area contributed by atoms with Gasteiger partial charge in [-0.25, -0.2) is 0 Å². The Balaban J connectivity index is 1.68. The molecule has 35 heavy (non-hydrogen) atoms. The predicted octanol–water partition coefficient (Wildman–Crippen LogP) is 5.14. The van der Waals surface area contributed by atoms with Crippen LogP contribution in [0.4, 0.5) is 11.4 Å². The van der Waals surface area contributed by atoms with Crippen LogP contribution < -0.4 is 10.1 Å². The number of halogens is 1. The van der Waals surface area contributed by atoms with E-state index >= 15 is 0 Å². The van der Waals surface area contributed by atoms with Crippen molar-refractivity contribution in [2.24, 2.45) is 0 Å². The molecule has 1 amide bonds. The summed E-state index contributed by atoms with van der Waals surface area (Å²) in [5.41, 5.74) is 0.392. The van der Waals surface area contributed by atoms with Gasteiger partial charge in [-0.1, -0.05) is 54.1 Å². The highest BCUT2D eigenvalue weighted by atomic mass is 35.5. The lowest BCUT2D eigenvalue weighted by Gasteiger charge is -2.17. The number of methoxy groups -OCH3 is 1. The molecule has 10 heteroatoms. The molecule has 0 unspecified atom stereocenters. The van der Waals surface area contributed by atoms with Crippen LogP contribution in [0.25, 0.3) is 0 Å². The number of nitrogens with one attached hydrogen (secondary N) is 1. The highest BCUT2D eigenvalue weighted by Gasteiger charge is 2.26. The topological polar surface area (TPSA) is 125 Å². The molecule has 9 nitrogen and oxygen atoms in total. The molecule has 0 fully saturated rings. The summed E-state index contributed by atoms with van der Waals surface area (Å²) < 4.78 is 10.4. The number of nitro groups is 1. The number of amides is 1. The zero-order chi connectivity index (χ0) is 25.4. The number of carbonyl (C=O) groups excluding carboxylic acids is 3. The summed E-state index contributed by atoms with van der Waals surface area (Å²) in [4.78, 5) is 48.5. The van der Waals surface area contributed by atoms with E-state index in [4.69, 9.17) is 21.1 Å². The van der Waals surface area contributed by atoms with Crippen molar-refractivity contribution in [2.75, 3.05) is 12.4 Å². The molecule has 0 aliphatic carbocycles. The van der Waals surface area contributed by atoms with E-state index in [1.165, 1.54) is 25.3 Å². The van der Waals surface area contributed by atoms with Crippen molar-refractivity contribution in [3.63, 3.8) is 0 Å². The molecule has 0 aliphatic rings. The molecular formula is C25H21ClN2O7. The normalized spacial score (nSPS) is 11.3. The van der Waals surface area contributed by atoms with Crippen LogP contribution in [0.5, 0.6) is 5.75 Å². The third kappa shape index (κ3) is 6.87. The van der Waals surface area contributed by atoms with E-state index in [0.29, 0.717) is 16.1 Å². The first-order valence-electron chi connectivity index (χ1n) is 10.4. The Bertz CT molecular complexity index is 1230. The molecule has 3 aromatic rings. The fourth-order valence-corrected chi connectivity index (χ4v) is 3.30. The van der Waals surface area contributed by atoms with Gasteiger partial charge in [-0.05, 0) is 24.3 Å². The summed E-state index contributed by atoms with van der Waals surface area (Å²) in [6.45, 7) is 0. The van der Waals surface area contributed by atoms with Crippen LogP contribution in [0.15, 0.2) is 72.8 Å². The zero-order valence-corrected chi connectivity index (χ0v) is 19.4. The minimum absolute atomic E-state index is 0.0348. The Kier molecular flexibility index (Phi) is 8.53. The van der Waals surface area contributed by atoms with Gasteiger partial charge in [0.2, 0.25) is 11.7 Å². The maximum absolute atomic E-state index is 13.0. The number of esters is 1. The number of benzene rings is 3. The number of Topliss-reactive ketones (excluding diaryl/α,β-unsaturated/α-hetero) is 1. The Morgan fingerprint density at radius 1 is 1.00 bits per heavy atom. The molecule has 3 rings (SSSR count). The van der Waals surface area contributed by atoms with Crippen LogP contribution in [0, 0.1) is 10.1 Å². The molecule has 1 N–H and O–H groups in total. The average molecular weight is 497 g/mol. The summed E-state index contributed by atoms with van der Waals surface area (Å²) >= 11 is 5.93.